The Labute approximate surface area is 126 Å². The van der Waals surface area contributed by atoms with E-state index in [2.05, 4.69) is 0 Å². The summed E-state index contributed by atoms with van der Waals surface area (Å²) in [6.45, 7) is 3.40. The molecule has 116 valence electrons. The molecule has 0 aromatic heterocycles. The number of aliphatic hydroxyl groups is 1. The number of carbonyl (C=O) groups excluding carboxylic acids is 1. The standard InChI is InChI=1S/C17H25NO3/c1-14-17(20)18(12-15-8-4-2-5-9-15)13-16(21-14)10-6-3-7-11-19/h2,4-5,8-9,14,16,19H,3,6-7,10-13H2,1H3. The predicted octanol–water partition coefficient (Wildman–Crippen LogP) is 2.36. The van der Waals surface area contributed by atoms with Crippen LogP contribution < -0.4 is 0 Å². The minimum absolute atomic E-state index is 0.0745. The first-order chi connectivity index (χ1) is 10.2. The molecular weight excluding hydrogens is 266 g/mol. The number of nitrogens with zero attached hydrogens (tertiary/aromatic N) is 1. The molecule has 0 saturated carbocycles. The van der Waals surface area contributed by atoms with E-state index in [1.165, 1.54) is 0 Å². The minimum atomic E-state index is -0.356. The number of ether oxygens (including phenoxy) is 1. The molecule has 1 saturated heterocycles. The highest BCUT2D eigenvalue weighted by Gasteiger charge is 2.31. The van der Waals surface area contributed by atoms with Gasteiger partial charge in [-0.1, -0.05) is 43.2 Å². The summed E-state index contributed by atoms with van der Waals surface area (Å²) in [7, 11) is 0. The van der Waals surface area contributed by atoms with Crippen molar-refractivity contribution >= 4 is 5.91 Å². The van der Waals surface area contributed by atoms with E-state index < -0.39 is 0 Å². The number of carbonyl (C=O) groups is 1. The summed E-state index contributed by atoms with van der Waals surface area (Å²) in [6, 6.07) is 10.1. The second-order valence-corrected chi connectivity index (χ2v) is 5.68. The van der Waals surface area contributed by atoms with Gasteiger partial charge in [-0.15, -0.1) is 0 Å². The second kappa shape index (κ2) is 8.15. The molecule has 2 atom stereocenters. The van der Waals surface area contributed by atoms with Crippen LogP contribution in [0.2, 0.25) is 0 Å². The first-order valence-electron chi connectivity index (χ1n) is 7.79. The van der Waals surface area contributed by atoms with Gasteiger partial charge in [-0.05, 0) is 25.3 Å². The maximum Gasteiger partial charge on any atom is 0.251 e. The third-order valence-electron chi connectivity index (χ3n) is 3.88. The van der Waals surface area contributed by atoms with Crippen molar-refractivity contribution in [3.63, 3.8) is 0 Å². The van der Waals surface area contributed by atoms with Gasteiger partial charge in [-0.25, -0.2) is 0 Å². The number of hydrogen-bond acceptors (Lipinski definition) is 3. The van der Waals surface area contributed by atoms with Crippen LogP contribution in [-0.2, 0) is 16.1 Å². The van der Waals surface area contributed by atoms with Gasteiger partial charge in [0.1, 0.15) is 6.10 Å². The molecule has 0 aliphatic carbocycles. The van der Waals surface area contributed by atoms with Crippen LogP contribution in [0.3, 0.4) is 0 Å². The third-order valence-corrected chi connectivity index (χ3v) is 3.88. The average Bonchev–Trinajstić information content (AvgIpc) is 2.50. The zero-order chi connectivity index (χ0) is 15.1. The monoisotopic (exact) mass is 291 g/mol. The van der Waals surface area contributed by atoms with Crippen molar-refractivity contribution < 1.29 is 14.6 Å². The summed E-state index contributed by atoms with van der Waals surface area (Å²) in [4.78, 5) is 14.1. The highest BCUT2D eigenvalue weighted by atomic mass is 16.5. The SMILES string of the molecule is CC1OC(CCCCCO)CN(Cc2ccccc2)C1=O. The summed E-state index contributed by atoms with van der Waals surface area (Å²) in [5, 5.41) is 8.80. The van der Waals surface area contributed by atoms with E-state index in [0.29, 0.717) is 13.1 Å². The van der Waals surface area contributed by atoms with Gasteiger partial charge in [0.25, 0.3) is 5.91 Å². The molecule has 0 radical (unpaired) electrons. The Balaban J connectivity index is 1.88. The lowest BCUT2D eigenvalue weighted by Crippen LogP contribution is -2.50. The van der Waals surface area contributed by atoms with Crippen LogP contribution in [0.15, 0.2) is 30.3 Å². The summed E-state index contributed by atoms with van der Waals surface area (Å²) in [5.74, 6) is 0.0745. The lowest BCUT2D eigenvalue weighted by atomic mass is 10.1. The van der Waals surface area contributed by atoms with E-state index in [1.54, 1.807) is 0 Å². The van der Waals surface area contributed by atoms with E-state index in [1.807, 2.05) is 42.2 Å². The summed E-state index contributed by atoms with van der Waals surface area (Å²) in [6.07, 6.45) is 3.59. The van der Waals surface area contributed by atoms with Crippen molar-refractivity contribution in [2.75, 3.05) is 13.2 Å². The van der Waals surface area contributed by atoms with Crippen molar-refractivity contribution in [3.05, 3.63) is 35.9 Å². The number of benzene rings is 1. The molecule has 1 aliphatic heterocycles. The minimum Gasteiger partial charge on any atom is -0.396 e. The molecule has 2 unspecified atom stereocenters. The van der Waals surface area contributed by atoms with Crippen molar-refractivity contribution in [2.45, 2.75) is 51.4 Å². The van der Waals surface area contributed by atoms with Crippen LogP contribution in [0.1, 0.15) is 38.2 Å². The fraction of sp³-hybridized carbons (Fsp3) is 0.588. The number of aliphatic hydroxyl groups excluding tert-OH is 1. The molecule has 1 N–H and O–H groups in total. The molecule has 0 bridgehead atoms. The van der Waals surface area contributed by atoms with E-state index >= 15 is 0 Å². The fourth-order valence-corrected chi connectivity index (χ4v) is 2.75. The second-order valence-electron chi connectivity index (χ2n) is 5.68. The number of unbranched alkanes of at least 4 members (excludes halogenated alkanes) is 2. The zero-order valence-electron chi connectivity index (χ0n) is 12.7. The highest BCUT2D eigenvalue weighted by molar-refractivity contribution is 5.81. The molecule has 0 spiro atoms. The third kappa shape index (κ3) is 4.83. The lowest BCUT2D eigenvalue weighted by Gasteiger charge is -2.36. The van der Waals surface area contributed by atoms with Crippen LogP contribution in [-0.4, -0.2) is 41.3 Å². The summed E-state index contributed by atoms with van der Waals surface area (Å²) >= 11 is 0. The van der Waals surface area contributed by atoms with Crippen LogP contribution in [0, 0.1) is 0 Å². The van der Waals surface area contributed by atoms with Crippen molar-refractivity contribution in [1.29, 1.82) is 0 Å². The first kappa shape index (κ1) is 16.0. The van der Waals surface area contributed by atoms with Crippen LogP contribution in [0.25, 0.3) is 0 Å². The van der Waals surface area contributed by atoms with Gasteiger partial charge in [0.15, 0.2) is 0 Å². The molecule has 1 aliphatic rings. The van der Waals surface area contributed by atoms with Crippen molar-refractivity contribution in [1.82, 2.24) is 4.90 Å². The van der Waals surface area contributed by atoms with Gasteiger partial charge >= 0.3 is 0 Å². The van der Waals surface area contributed by atoms with Crippen LogP contribution in [0.5, 0.6) is 0 Å². The molecule has 4 nitrogen and oxygen atoms in total. The van der Waals surface area contributed by atoms with Crippen molar-refractivity contribution in [3.8, 4) is 0 Å². The van der Waals surface area contributed by atoms with Gasteiger partial charge < -0.3 is 14.7 Å². The van der Waals surface area contributed by atoms with Gasteiger partial charge in [-0.3, -0.25) is 4.79 Å². The molecule has 1 heterocycles. The summed E-state index contributed by atoms with van der Waals surface area (Å²) in [5.41, 5.74) is 1.15. The quantitative estimate of drug-likeness (QED) is 0.785. The Kier molecular flexibility index (Phi) is 6.21. The Morgan fingerprint density at radius 1 is 1.24 bits per heavy atom. The van der Waals surface area contributed by atoms with Gasteiger partial charge in [0.2, 0.25) is 0 Å². The van der Waals surface area contributed by atoms with Crippen molar-refractivity contribution in [2.24, 2.45) is 0 Å². The molecule has 1 amide bonds. The smallest absolute Gasteiger partial charge is 0.251 e. The van der Waals surface area contributed by atoms with Crippen LogP contribution in [0.4, 0.5) is 0 Å². The summed E-state index contributed by atoms with van der Waals surface area (Å²) < 4.78 is 5.79. The number of rotatable bonds is 7. The molecule has 1 fully saturated rings. The highest BCUT2D eigenvalue weighted by Crippen LogP contribution is 2.19. The maximum atomic E-state index is 12.2. The van der Waals surface area contributed by atoms with Crippen LogP contribution >= 0.6 is 0 Å². The number of hydrogen-bond donors (Lipinski definition) is 1. The molecule has 4 heteroatoms. The van der Waals surface area contributed by atoms with E-state index in [9.17, 15) is 4.79 Å². The molecular formula is C17H25NO3. The molecule has 1 aromatic rings. The molecule has 21 heavy (non-hydrogen) atoms. The Morgan fingerprint density at radius 2 is 2.00 bits per heavy atom. The normalized spacial score (nSPS) is 22.6. The average molecular weight is 291 g/mol. The lowest BCUT2D eigenvalue weighted by molar-refractivity contribution is -0.161. The zero-order valence-corrected chi connectivity index (χ0v) is 12.7. The van der Waals surface area contributed by atoms with Gasteiger partial charge in [-0.2, -0.15) is 0 Å². The topological polar surface area (TPSA) is 49.8 Å². The number of morpholine rings is 1. The predicted molar refractivity (Wildman–Crippen MR) is 81.7 cm³/mol. The van der Waals surface area contributed by atoms with E-state index in [-0.39, 0.29) is 24.7 Å². The Morgan fingerprint density at radius 3 is 2.71 bits per heavy atom. The number of amides is 1. The van der Waals surface area contributed by atoms with Gasteiger partial charge in [0.05, 0.1) is 6.10 Å². The fourth-order valence-electron chi connectivity index (χ4n) is 2.75. The van der Waals surface area contributed by atoms with E-state index in [4.69, 9.17) is 9.84 Å². The molecule has 1 aromatic carbocycles. The Bertz CT molecular complexity index is 435. The van der Waals surface area contributed by atoms with Gasteiger partial charge in [0, 0.05) is 19.7 Å². The van der Waals surface area contributed by atoms with E-state index in [0.717, 1.165) is 31.2 Å². The Hall–Kier alpha value is -1.39. The maximum absolute atomic E-state index is 12.2. The largest absolute Gasteiger partial charge is 0.396 e. The molecule has 2 rings (SSSR count). The first-order valence-corrected chi connectivity index (χ1v) is 7.79.